The minimum absolute atomic E-state index is 0. The van der Waals surface area contributed by atoms with Crippen LogP contribution in [0, 0.1) is 0 Å². The smallest absolute Gasteiger partial charge is 0.191 e. The number of benzene rings is 2. The predicted molar refractivity (Wildman–Crippen MR) is 146 cm³/mol. The summed E-state index contributed by atoms with van der Waals surface area (Å²) in [6, 6.07) is 20.8. The van der Waals surface area contributed by atoms with Crippen molar-refractivity contribution in [2.75, 3.05) is 51.8 Å². The first-order valence-corrected chi connectivity index (χ1v) is 11.2. The summed E-state index contributed by atoms with van der Waals surface area (Å²) in [4.78, 5) is 11.5. The Balaban J connectivity index is 0.00000306. The number of anilines is 1. The summed E-state index contributed by atoms with van der Waals surface area (Å²) in [6.07, 6.45) is 0. The highest BCUT2D eigenvalue weighted by atomic mass is 127. The van der Waals surface area contributed by atoms with E-state index >= 15 is 0 Å². The lowest BCUT2D eigenvalue weighted by molar-refractivity contribution is 0.0341. The van der Waals surface area contributed by atoms with Crippen LogP contribution in [-0.4, -0.2) is 62.3 Å². The second-order valence-corrected chi connectivity index (χ2v) is 7.83. The van der Waals surface area contributed by atoms with E-state index < -0.39 is 0 Å². The molecular weight excluding hydrogens is 527 g/mol. The molecule has 0 aliphatic carbocycles. The van der Waals surface area contributed by atoms with E-state index in [9.17, 15) is 0 Å². The molecule has 0 spiro atoms. The third-order valence-corrected chi connectivity index (χ3v) is 5.61. The van der Waals surface area contributed by atoms with Crippen molar-refractivity contribution in [3.63, 3.8) is 0 Å². The maximum atomic E-state index is 5.47. The average molecular weight is 560 g/mol. The monoisotopic (exact) mass is 560 g/mol. The number of fused-ring (bicyclic) bond motifs is 1. The highest BCUT2D eigenvalue weighted by molar-refractivity contribution is 14.0. The number of para-hydroxylation sites is 1. The lowest BCUT2D eigenvalue weighted by Gasteiger charge is -2.27. The van der Waals surface area contributed by atoms with Gasteiger partial charge in [-0.1, -0.05) is 42.5 Å². The first-order chi connectivity index (χ1) is 15.8. The van der Waals surface area contributed by atoms with Gasteiger partial charge in [-0.2, -0.15) is 0 Å². The summed E-state index contributed by atoms with van der Waals surface area (Å²) in [6.45, 7) is 6.80. The molecule has 0 bridgehead atoms. The van der Waals surface area contributed by atoms with E-state index in [0.717, 1.165) is 75.2 Å². The number of ether oxygens (including phenoxy) is 1. The molecule has 1 saturated heterocycles. The lowest BCUT2D eigenvalue weighted by atomic mass is 10.1. The molecule has 4 rings (SSSR count). The van der Waals surface area contributed by atoms with Gasteiger partial charge in [0.25, 0.3) is 0 Å². The molecule has 33 heavy (non-hydrogen) atoms. The standard InChI is InChI=1S/C25H32N6O.HI/c1-26-25(28-13-12-27-24-11-10-20-6-4-5-9-23(20)30-24)29-18-21-7-2-3-8-22(21)19-31-14-16-32-17-15-31;/h2-11H,12-19H2,1H3,(H,27,30)(H2,26,28,29);1H. The average Bonchev–Trinajstić information content (AvgIpc) is 2.85. The Morgan fingerprint density at radius 2 is 1.70 bits per heavy atom. The van der Waals surface area contributed by atoms with E-state index in [-0.39, 0.29) is 24.0 Å². The van der Waals surface area contributed by atoms with Crippen LogP contribution in [0.3, 0.4) is 0 Å². The Kier molecular flexibility index (Phi) is 10.2. The molecule has 8 heteroatoms. The molecule has 0 unspecified atom stereocenters. The summed E-state index contributed by atoms with van der Waals surface area (Å²) >= 11 is 0. The highest BCUT2D eigenvalue weighted by Gasteiger charge is 2.12. The number of aromatic nitrogens is 1. The van der Waals surface area contributed by atoms with Crippen LogP contribution >= 0.6 is 24.0 Å². The van der Waals surface area contributed by atoms with Gasteiger partial charge >= 0.3 is 0 Å². The number of pyridine rings is 1. The van der Waals surface area contributed by atoms with Crippen LogP contribution in [0.5, 0.6) is 0 Å². The van der Waals surface area contributed by atoms with Gasteiger partial charge in [0.15, 0.2) is 5.96 Å². The normalized spacial score (nSPS) is 14.5. The molecule has 1 fully saturated rings. The van der Waals surface area contributed by atoms with Gasteiger partial charge in [-0.3, -0.25) is 9.89 Å². The van der Waals surface area contributed by atoms with Gasteiger partial charge in [-0.25, -0.2) is 4.98 Å². The van der Waals surface area contributed by atoms with E-state index in [1.807, 2.05) is 24.3 Å². The number of hydrogen-bond donors (Lipinski definition) is 3. The Hall–Kier alpha value is -2.43. The Bertz CT molecular complexity index is 1040. The fourth-order valence-corrected chi connectivity index (χ4v) is 3.82. The van der Waals surface area contributed by atoms with Gasteiger partial charge in [0.2, 0.25) is 0 Å². The molecule has 0 atom stereocenters. The third kappa shape index (κ3) is 7.55. The summed E-state index contributed by atoms with van der Waals surface area (Å²) in [5, 5.41) is 11.3. The highest BCUT2D eigenvalue weighted by Crippen LogP contribution is 2.14. The molecule has 7 nitrogen and oxygen atoms in total. The van der Waals surface area contributed by atoms with Gasteiger partial charge in [-0.15, -0.1) is 24.0 Å². The van der Waals surface area contributed by atoms with Crippen molar-refractivity contribution in [1.82, 2.24) is 20.5 Å². The second-order valence-electron chi connectivity index (χ2n) is 7.83. The van der Waals surface area contributed by atoms with Crippen molar-refractivity contribution in [1.29, 1.82) is 0 Å². The van der Waals surface area contributed by atoms with Crippen molar-refractivity contribution in [3.8, 4) is 0 Å². The van der Waals surface area contributed by atoms with E-state index in [0.29, 0.717) is 0 Å². The van der Waals surface area contributed by atoms with Crippen molar-refractivity contribution >= 4 is 46.7 Å². The molecule has 1 aliphatic rings. The van der Waals surface area contributed by atoms with Gasteiger partial charge in [0.1, 0.15) is 5.82 Å². The van der Waals surface area contributed by atoms with Crippen molar-refractivity contribution in [3.05, 3.63) is 71.8 Å². The molecule has 3 N–H and O–H groups in total. The van der Waals surface area contributed by atoms with Crippen LogP contribution in [0.15, 0.2) is 65.7 Å². The molecule has 176 valence electrons. The predicted octanol–water partition coefficient (Wildman–Crippen LogP) is 3.46. The van der Waals surface area contributed by atoms with E-state index in [4.69, 9.17) is 4.74 Å². The first kappa shape index (κ1) is 25.2. The molecule has 0 amide bonds. The molecule has 0 saturated carbocycles. The molecule has 1 aliphatic heterocycles. The number of aliphatic imine (C=N–C) groups is 1. The number of guanidine groups is 1. The van der Waals surface area contributed by atoms with Crippen LogP contribution < -0.4 is 16.0 Å². The Labute approximate surface area is 213 Å². The van der Waals surface area contributed by atoms with Crippen LogP contribution in [0.25, 0.3) is 10.9 Å². The summed E-state index contributed by atoms with van der Waals surface area (Å²) in [5.74, 6) is 1.67. The SMILES string of the molecule is CN=C(NCCNc1ccc2ccccc2n1)NCc1ccccc1CN1CCOCC1.I. The number of nitrogens with one attached hydrogen (secondary N) is 3. The van der Waals surface area contributed by atoms with Crippen molar-refractivity contribution in [2.24, 2.45) is 4.99 Å². The first-order valence-electron chi connectivity index (χ1n) is 11.2. The number of rotatable bonds is 8. The fourth-order valence-electron chi connectivity index (χ4n) is 3.82. The van der Waals surface area contributed by atoms with E-state index in [1.54, 1.807) is 7.05 Å². The minimum atomic E-state index is 0. The number of hydrogen-bond acceptors (Lipinski definition) is 5. The summed E-state index contributed by atoms with van der Waals surface area (Å²) in [5.41, 5.74) is 3.64. The summed E-state index contributed by atoms with van der Waals surface area (Å²) < 4.78 is 5.47. The van der Waals surface area contributed by atoms with Gasteiger partial charge < -0.3 is 20.7 Å². The Morgan fingerprint density at radius 1 is 0.939 bits per heavy atom. The largest absolute Gasteiger partial charge is 0.379 e. The second kappa shape index (κ2) is 13.3. The molecule has 2 aromatic carbocycles. The van der Waals surface area contributed by atoms with Crippen molar-refractivity contribution < 1.29 is 4.74 Å². The van der Waals surface area contributed by atoms with Gasteiger partial charge in [-0.05, 0) is 29.3 Å². The minimum Gasteiger partial charge on any atom is -0.379 e. The lowest BCUT2D eigenvalue weighted by Crippen LogP contribution is -2.39. The zero-order valence-corrected chi connectivity index (χ0v) is 21.4. The maximum Gasteiger partial charge on any atom is 0.191 e. The van der Waals surface area contributed by atoms with Crippen LogP contribution in [0.1, 0.15) is 11.1 Å². The molecule has 1 aromatic heterocycles. The van der Waals surface area contributed by atoms with E-state index in [1.165, 1.54) is 11.1 Å². The molecule has 0 radical (unpaired) electrons. The third-order valence-electron chi connectivity index (χ3n) is 5.61. The maximum absolute atomic E-state index is 5.47. The Morgan fingerprint density at radius 3 is 2.52 bits per heavy atom. The quantitative estimate of drug-likeness (QED) is 0.170. The molecule has 2 heterocycles. The fraction of sp³-hybridized carbons (Fsp3) is 0.360. The van der Waals surface area contributed by atoms with Crippen LogP contribution in [-0.2, 0) is 17.8 Å². The van der Waals surface area contributed by atoms with Crippen LogP contribution in [0.2, 0.25) is 0 Å². The van der Waals surface area contributed by atoms with Crippen LogP contribution in [0.4, 0.5) is 5.82 Å². The van der Waals surface area contributed by atoms with Gasteiger partial charge in [0.05, 0.1) is 18.7 Å². The zero-order chi connectivity index (χ0) is 22.0. The number of morpholine rings is 1. The van der Waals surface area contributed by atoms with E-state index in [2.05, 4.69) is 67.2 Å². The molecular formula is C25H33IN6O. The van der Waals surface area contributed by atoms with Crippen molar-refractivity contribution in [2.45, 2.75) is 13.1 Å². The number of halogens is 1. The zero-order valence-electron chi connectivity index (χ0n) is 19.1. The van der Waals surface area contributed by atoms with Gasteiger partial charge in [0, 0.05) is 51.7 Å². The number of nitrogens with zero attached hydrogens (tertiary/aromatic N) is 3. The summed E-state index contributed by atoms with van der Waals surface area (Å²) in [7, 11) is 1.80. The topological polar surface area (TPSA) is 73.8 Å². The molecule has 3 aromatic rings.